The lowest BCUT2D eigenvalue weighted by Crippen LogP contribution is -2.38. The van der Waals surface area contributed by atoms with Gasteiger partial charge in [0.1, 0.15) is 5.69 Å². The van der Waals surface area contributed by atoms with Crippen molar-refractivity contribution in [2.45, 2.75) is 19.9 Å². The number of para-hydroxylation sites is 1. The maximum absolute atomic E-state index is 12.8. The number of nitrogens with one attached hydrogen (secondary N) is 1. The fourth-order valence-electron chi connectivity index (χ4n) is 3.36. The van der Waals surface area contributed by atoms with Crippen molar-refractivity contribution in [3.63, 3.8) is 0 Å². The molecular formula is C23H26N4O2. The zero-order valence-corrected chi connectivity index (χ0v) is 16.8. The first kappa shape index (κ1) is 20.5. The number of nitrogens with zero attached hydrogens (tertiary/aromatic N) is 3. The first-order valence-corrected chi connectivity index (χ1v) is 9.87. The standard InChI is InChI=1S/C23H26N4O2/c1-3-26(4-2)21(18-11-7-5-8-12-18)17-24-23(29)20-15-16-22(28)27(25-20)19-13-9-6-10-14-19/h5-16,21H,3-4,17H2,1-2H3,(H,24,29). The van der Waals surface area contributed by atoms with Gasteiger partial charge in [0.2, 0.25) is 0 Å². The van der Waals surface area contributed by atoms with Crippen molar-refractivity contribution in [2.24, 2.45) is 0 Å². The SMILES string of the molecule is CCN(CC)C(CNC(=O)c1ccc(=O)n(-c2ccccc2)n1)c1ccccc1. The highest BCUT2D eigenvalue weighted by atomic mass is 16.2. The molecule has 0 aliphatic rings. The minimum Gasteiger partial charge on any atom is -0.349 e. The second-order valence-electron chi connectivity index (χ2n) is 6.66. The van der Waals surface area contributed by atoms with E-state index in [9.17, 15) is 9.59 Å². The summed E-state index contributed by atoms with van der Waals surface area (Å²) < 4.78 is 1.24. The minimum atomic E-state index is -0.303. The molecule has 1 aromatic heterocycles. The number of aromatic nitrogens is 2. The van der Waals surface area contributed by atoms with E-state index in [1.54, 1.807) is 12.1 Å². The van der Waals surface area contributed by atoms with Crippen LogP contribution in [-0.4, -0.2) is 40.2 Å². The molecule has 0 fully saturated rings. The Morgan fingerprint density at radius 3 is 2.21 bits per heavy atom. The Morgan fingerprint density at radius 1 is 0.966 bits per heavy atom. The van der Waals surface area contributed by atoms with Crippen molar-refractivity contribution in [1.29, 1.82) is 0 Å². The predicted molar refractivity (Wildman–Crippen MR) is 114 cm³/mol. The molecule has 1 N–H and O–H groups in total. The summed E-state index contributed by atoms with van der Waals surface area (Å²) in [6.07, 6.45) is 0. The topological polar surface area (TPSA) is 67.2 Å². The molecule has 0 aliphatic heterocycles. The molecule has 2 aromatic carbocycles. The number of hydrogen-bond acceptors (Lipinski definition) is 4. The van der Waals surface area contributed by atoms with E-state index in [1.165, 1.54) is 16.8 Å². The number of carbonyl (C=O) groups excluding carboxylic acids is 1. The average Bonchev–Trinajstić information content (AvgIpc) is 2.78. The average molecular weight is 390 g/mol. The van der Waals surface area contributed by atoms with Gasteiger partial charge in [-0.3, -0.25) is 14.5 Å². The Balaban J connectivity index is 1.79. The molecule has 0 aliphatic carbocycles. The summed E-state index contributed by atoms with van der Waals surface area (Å²) in [5.74, 6) is -0.303. The molecular weight excluding hydrogens is 364 g/mol. The molecule has 6 heteroatoms. The van der Waals surface area contributed by atoms with Gasteiger partial charge in [0.05, 0.1) is 11.7 Å². The number of benzene rings is 2. The maximum Gasteiger partial charge on any atom is 0.271 e. The third-order valence-electron chi connectivity index (χ3n) is 4.93. The van der Waals surface area contributed by atoms with Crippen molar-refractivity contribution in [1.82, 2.24) is 20.0 Å². The normalized spacial score (nSPS) is 12.0. The van der Waals surface area contributed by atoms with Crippen molar-refractivity contribution >= 4 is 5.91 Å². The molecule has 0 saturated carbocycles. The van der Waals surface area contributed by atoms with Crippen LogP contribution >= 0.6 is 0 Å². The van der Waals surface area contributed by atoms with Crippen LogP contribution in [0.5, 0.6) is 0 Å². The van der Waals surface area contributed by atoms with Gasteiger partial charge in [-0.25, -0.2) is 0 Å². The molecule has 3 rings (SSSR count). The third-order valence-corrected chi connectivity index (χ3v) is 4.93. The summed E-state index contributed by atoms with van der Waals surface area (Å²) in [6.45, 7) is 6.43. The van der Waals surface area contributed by atoms with E-state index in [-0.39, 0.29) is 23.2 Å². The quantitative estimate of drug-likeness (QED) is 0.642. The molecule has 29 heavy (non-hydrogen) atoms. The number of carbonyl (C=O) groups is 1. The van der Waals surface area contributed by atoms with Gasteiger partial charge in [-0.15, -0.1) is 0 Å². The molecule has 0 spiro atoms. The van der Waals surface area contributed by atoms with Crippen LogP contribution in [0.1, 0.15) is 35.9 Å². The molecule has 1 heterocycles. The van der Waals surface area contributed by atoms with Crippen LogP contribution in [0, 0.1) is 0 Å². The van der Waals surface area contributed by atoms with Gasteiger partial charge in [-0.1, -0.05) is 62.4 Å². The second kappa shape index (κ2) is 9.80. The molecule has 0 saturated heterocycles. The summed E-state index contributed by atoms with van der Waals surface area (Å²) >= 11 is 0. The summed E-state index contributed by atoms with van der Waals surface area (Å²) in [5, 5.41) is 7.24. The van der Waals surface area contributed by atoms with E-state index in [0.717, 1.165) is 18.7 Å². The Kier molecular flexibility index (Phi) is 6.92. The lowest BCUT2D eigenvalue weighted by Gasteiger charge is -2.30. The highest BCUT2D eigenvalue weighted by Crippen LogP contribution is 2.19. The molecule has 3 aromatic rings. The van der Waals surface area contributed by atoms with Gasteiger partial charge in [-0.2, -0.15) is 9.78 Å². The van der Waals surface area contributed by atoms with Crippen molar-refractivity contribution < 1.29 is 4.79 Å². The summed E-state index contributed by atoms with van der Waals surface area (Å²) in [7, 11) is 0. The number of hydrogen-bond donors (Lipinski definition) is 1. The van der Waals surface area contributed by atoms with Crippen LogP contribution in [-0.2, 0) is 0 Å². The second-order valence-corrected chi connectivity index (χ2v) is 6.66. The summed E-state index contributed by atoms with van der Waals surface area (Å²) in [4.78, 5) is 27.2. The van der Waals surface area contributed by atoms with E-state index < -0.39 is 0 Å². The zero-order chi connectivity index (χ0) is 20.6. The Labute approximate surface area is 170 Å². The summed E-state index contributed by atoms with van der Waals surface area (Å²) in [5.41, 5.74) is 1.70. The van der Waals surface area contributed by atoms with Crippen molar-refractivity contribution in [2.75, 3.05) is 19.6 Å². The molecule has 150 valence electrons. The van der Waals surface area contributed by atoms with Gasteiger partial charge in [0.25, 0.3) is 11.5 Å². The predicted octanol–water partition coefficient (Wildman–Crippen LogP) is 3.05. The first-order valence-electron chi connectivity index (χ1n) is 9.87. The number of amides is 1. The molecule has 1 atom stereocenters. The van der Waals surface area contributed by atoms with Gasteiger partial charge >= 0.3 is 0 Å². The van der Waals surface area contributed by atoms with E-state index in [2.05, 4.69) is 41.3 Å². The molecule has 0 radical (unpaired) electrons. The van der Waals surface area contributed by atoms with Gasteiger partial charge < -0.3 is 5.32 Å². The van der Waals surface area contributed by atoms with Gasteiger partial charge in [-0.05, 0) is 36.9 Å². The number of likely N-dealkylation sites (N-methyl/N-ethyl adjacent to an activating group) is 1. The highest BCUT2D eigenvalue weighted by molar-refractivity contribution is 5.92. The molecule has 1 unspecified atom stereocenters. The Hall–Kier alpha value is -3.25. The maximum atomic E-state index is 12.8. The third kappa shape index (κ3) is 4.97. The van der Waals surface area contributed by atoms with Crippen LogP contribution in [0.25, 0.3) is 5.69 Å². The van der Waals surface area contributed by atoms with Crippen molar-refractivity contribution in [3.8, 4) is 5.69 Å². The number of rotatable bonds is 8. The first-order chi connectivity index (χ1) is 14.1. The van der Waals surface area contributed by atoms with E-state index in [0.29, 0.717) is 12.2 Å². The molecule has 6 nitrogen and oxygen atoms in total. The van der Waals surface area contributed by atoms with E-state index in [1.807, 2.05) is 36.4 Å². The van der Waals surface area contributed by atoms with Crippen LogP contribution in [0.4, 0.5) is 0 Å². The van der Waals surface area contributed by atoms with E-state index in [4.69, 9.17) is 0 Å². The minimum absolute atomic E-state index is 0.0650. The largest absolute Gasteiger partial charge is 0.349 e. The summed E-state index contributed by atoms with van der Waals surface area (Å²) in [6, 6.07) is 22.1. The van der Waals surface area contributed by atoms with Crippen LogP contribution in [0.2, 0.25) is 0 Å². The molecule has 1 amide bonds. The Bertz CT molecular complexity index is 983. The van der Waals surface area contributed by atoms with Crippen LogP contribution in [0.3, 0.4) is 0 Å². The van der Waals surface area contributed by atoms with Gasteiger partial charge in [0, 0.05) is 12.6 Å². The lowest BCUT2D eigenvalue weighted by atomic mass is 10.1. The monoisotopic (exact) mass is 390 g/mol. The molecule has 0 bridgehead atoms. The lowest BCUT2D eigenvalue weighted by molar-refractivity contribution is 0.0928. The Morgan fingerprint density at radius 2 is 1.59 bits per heavy atom. The smallest absolute Gasteiger partial charge is 0.271 e. The van der Waals surface area contributed by atoms with Crippen LogP contribution < -0.4 is 10.9 Å². The van der Waals surface area contributed by atoms with Crippen LogP contribution in [0.15, 0.2) is 77.6 Å². The zero-order valence-electron chi connectivity index (χ0n) is 16.8. The fourth-order valence-corrected chi connectivity index (χ4v) is 3.36. The van der Waals surface area contributed by atoms with E-state index >= 15 is 0 Å². The highest BCUT2D eigenvalue weighted by Gasteiger charge is 2.19. The van der Waals surface area contributed by atoms with Gasteiger partial charge in [0.15, 0.2) is 0 Å². The fraction of sp³-hybridized carbons (Fsp3) is 0.261. The van der Waals surface area contributed by atoms with Crippen molar-refractivity contribution in [3.05, 3.63) is 94.4 Å².